The number of H-pyrrole nitrogens is 1. The Kier molecular flexibility index (Phi) is 3.06. The maximum atomic E-state index is 5.19. The highest BCUT2D eigenvalue weighted by atomic mass is 16.5. The van der Waals surface area contributed by atoms with Gasteiger partial charge in [0, 0.05) is 6.42 Å². The third-order valence-corrected chi connectivity index (χ3v) is 2.80. The van der Waals surface area contributed by atoms with Crippen LogP contribution in [0.25, 0.3) is 11.6 Å². The second-order valence-corrected chi connectivity index (χ2v) is 4.33. The molecule has 6 nitrogen and oxygen atoms in total. The quantitative estimate of drug-likeness (QED) is 0.770. The molecule has 3 aromatic rings. The van der Waals surface area contributed by atoms with E-state index in [9.17, 15) is 0 Å². The molecule has 0 spiro atoms. The topological polar surface area (TPSA) is 80.5 Å². The summed E-state index contributed by atoms with van der Waals surface area (Å²) in [5.41, 5.74) is 2.52. The standard InChI is InChI=1S/C13H13N5O/c1-9-3-2-4-10(7-9)5-6-11-16-13(18-19-11)12-14-8-15-17-12/h2-4,7-8H,5-6H2,1H3,(H,14,15,17). The van der Waals surface area contributed by atoms with Crippen LogP contribution in [0.4, 0.5) is 0 Å². The van der Waals surface area contributed by atoms with E-state index < -0.39 is 0 Å². The summed E-state index contributed by atoms with van der Waals surface area (Å²) in [5, 5.41) is 10.3. The van der Waals surface area contributed by atoms with Gasteiger partial charge >= 0.3 is 0 Å². The van der Waals surface area contributed by atoms with Crippen molar-refractivity contribution in [1.82, 2.24) is 25.3 Å². The summed E-state index contributed by atoms with van der Waals surface area (Å²) in [7, 11) is 0. The minimum Gasteiger partial charge on any atom is -0.339 e. The number of aromatic nitrogens is 5. The summed E-state index contributed by atoms with van der Waals surface area (Å²) in [5.74, 6) is 1.57. The Morgan fingerprint density at radius 2 is 2.21 bits per heavy atom. The van der Waals surface area contributed by atoms with Gasteiger partial charge in [0.25, 0.3) is 0 Å². The zero-order chi connectivity index (χ0) is 13.1. The van der Waals surface area contributed by atoms with Crippen LogP contribution in [-0.4, -0.2) is 25.3 Å². The van der Waals surface area contributed by atoms with Crippen molar-refractivity contribution in [2.75, 3.05) is 0 Å². The van der Waals surface area contributed by atoms with Crippen LogP contribution in [0.3, 0.4) is 0 Å². The van der Waals surface area contributed by atoms with Crippen LogP contribution in [-0.2, 0) is 12.8 Å². The van der Waals surface area contributed by atoms with Crippen molar-refractivity contribution in [1.29, 1.82) is 0 Å². The molecule has 0 unspecified atom stereocenters. The molecule has 3 rings (SSSR count). The Hall–Kier alpha value is -2.50. The predicted octanol–water partition coefficient (Wildman–Crippen LogP) is 1.95. The van der Waals surface area contributed by atoms with Gasteiger partial charge in [0.05, 0.1) is 0 Å². The zero-order valence-electron chi connectivity index (χ0n) is 10.5. The fraction of sp³-hybridized carbons (Fsp3) is 0.231. The lowest BCUT2D eigenvalue weighted by molar-refractivity contribution is 0.378. The molecule has 2 aromatic heterocycles. The first-order chi connectivity index (χ1) is 9.31. The summed E-state index contributed by atoms with van der Waals surface area (Å²) < 4.78 is 5.19. The number of benzene rings is 1. The maximum absolute atomic E-state index is 5.19. The van der Waals surface area contributed by atoms with E-state index in [1.807, 2.05) is 0 Å². The fourth-order valence-electron chi connectivity index (χ4n) is 1.88. The average Bonchev–Trinajstić information content (AvgIpc) is 3.07. The zero-order valence-corrected chi connectivity index (χ0v) is 10.5. The fourth-order valence-corrected chi connectivity index (χ4v) is 1.88. The van der Waals surface area contributed by atoms with Crippen LogP contribution in [0.5, 0.6) is 0 Å². The lowest BCUT2D eigenvalue weighted by Gasteiger charge is -1.99. The second-order valence-electron chi connectivity index (χ2n) is 4.33. The van der Waals surface area contributed by atoms with Crippen LogP contribution in [0.1, 0.15) is 17.0 Å². The molecule has 96 valence electrons. The van der Waals surface area contributed by atoms with E-state index in [4.69, 9.17) is 4.52 Å². The molecule has 2 heterocycles. The summed E-state index contributed by atoms with van der Waals surface area (Å²) in [6, 6.07) is 8.39. The van der Waals surface area contributed by atoms with Gasteiger partial charge < -0.3 is 4.52 Å². The average molecular weight is 255 g/mol. The largest absolute Gasteiger partial charge is 0.339 e. The second kappa shape index (κ2) is 5.01. The number of rotatable bonds is 4. The third kappa shape index (κ3) is 2.67. The van der Waals surface area contributed by atoms with E-state index in [1.54, 1.807) is 0 Å². The molecule has 1 N–H and O–H groups in total. The molecule has 0 aliphatic heterocycles. The van der Waals surface area contributed by atoms with Gasteiger partial charge in [-0.3, -0.25) is 5.10 Å². The molecule has 1 aromatic carbocycles. The Labute approximate surface area is 109 Å². The van der Waals surface area contributed by atoms with Gasteiger partial charge in [-0.05, 0) is 18.9 Å². The van der Waals surface area contributed by atoms with Gasteiger partial charge in [-0.1, -0.05) is 35.0 Å². The summed E-state index contributed by atoms with van der Waals surface area (Å²) in [4.78, 5) is 8.26. The number of aryl methyl sites for hydroxylation is 3. The monoisotopic (exact) mass is 255 g/mol. The van der Waals surface area contributed by atoms with Crippen LogP contribution < -0.4 is 0 Å². The molecule has 19 heavy (non-hydrogen) atoms. The van der Waals surface area contributed by atoms with Crippen molar-refractivity contribution in [2.24, 2.45) is 0 Å². The van der Waals surface area contributed by atoms with E-state index in [-0.39, 0.29) is 0 Å². The molecule has 0 bridgehead atoms. The van der Waals surface area contributed by atoms with Gasteiger partial charge in [-0.25, -0.2) is 4.98 Å². The molecule has 0 atom stereocenters. The van der Waals surface area contributed by atoms with Crippen molar-refractivity contribution in [3.63, 3.8) is 0 Å². The van der Waals surface area contributed by atoms with Gasteiger partial charge in [0.2, 0.25) is 11.7 Å². The molecule has 0 radical (unpaired) electrons. The molecule has 6 heteroatoms. The Morgan fingerprint density at radius 1 is 1.26 bits per heavy atom. The lowest BCUT2D eigenvalue weighted by Crippen LogP contribution is -1.92. The van der Waals surface area contributed by atoms with Crippen molar-refractivity contribution >= 4 is 0 Å². The minimum absolute atomic E-state index is 0.441. The molecule has 0 saturated carbocycles. The summed E-state index contributed by atoms with van der Waals surface area (Å²) in [6.45, 7) is 2.08. The lowest BCUT2D eigenvalue weighted by atomic mass is 10.1. The molecule has 0 saturated heterocycles. The van der Waals surface area contributed by atoms with Crippen LogP contribution in [0.2, 0.25) is 0 Å². The maximum Gasteiger partial charge on any atom is 0.239 e. The molecule has 0 fully saturated rings. The summed E-state index contributed by atoms with van der Waals surface area (Å²) in [6.07, 6.45) is 3.00. The van der Waals surface area contributed by atoms with Crippen molar-refractivity contribution in [2.45, 2.75) is 19.8 Å². The highest BCUT2D eigenvalue weighted by Crippen LogP contribution is 2.12. The predicted molar refractivity (Wildman–Crippen MR) is 68.3 cm³/mol. The van der Waals surface area contributed by atoms with Crippen molar-refractivity contribution < 1.29 is 4.52 Å². The van der Waals surface area contributed by atoms with Gasteiger partial charge in [0.1, 0.15) is 6.33 Å². The first-order valence-corrected chi connectivity index (χ1v) is 6.05. The highest BCUT2D eigenvalue weighted by Gasteiger charge is 2.10. The SMILES string of the molecule is Cc1cccc(CCc2nc(-c3ncn[nH]3)no2)c1. The smallest absolute Gasteiger partial charge is 0.239 e. The van der Waals surface area contributed by atoms with Crippen LogP contribution in [0, 0.1) is 6.92 Å². The van der Waals surface area contributed by atoms with E-state index >= 15 is 0 Å². The normalized spacial score (nSPS) is 10.8. The minimum atomic E-state index is 0.441. The van der Waals surface area contributed by atoms with Crippen molar-refractivity contribution in [3.05, 3.63) is 47.6 Å². The molecular weight excluding hydrogens is 242 g/mol. The van der Waals surface area contributed by atoms with Gasteiger partial charge in [-0.2, -0.15) is 10.1 Å². The van der Waals surface area contributed by atoms with Gasteiger partial charge in [-0.15, -0.1) is 0 Å². The molecular formula is C13H13N5O. The Bertz CT molecular complexity index is 659. The molecule has 0 aliphatic carbocycles. The van der Waals surface area contributed by atoms with Gasteiger partial charge in [0.15, 0.2) is 5.82 Å². The van der Waals surface area contributed by atoms with Crippen LogP contribution >= 0.6 is 0 Å². The van der Waals surface area contributed by atoms with Crippen molar-refractivity contribution in [3.8, 4) is 11.6 Å². The number of nitrogens with one attached hydrogen (secondary N) is 1. The first kappa shape index (κ1) is 11.6. The van der Waals surface area contributed by atoms with E-state index in [0.717, 1.165) is 6.42 Å². The number of nitrogens with zero attached hydrogens (tertiary/aromatic N) is 4. The Morgan fingerprint density at radius 3 is 3.00 bits per heavy atom. The van der Waals surface area contributed by atoms with E-state index in [0.29, 0.717) is 24.0 Å². The number of hydrogen-bond acceptors (Lipinski definition) is 5. The third-order valence-electron chi connectivity index (χ3n) is 2.80. The van der Waals surface area contributed by atoms with E-state index in [2.05, 4.69) is 56.5 Å². The molecule has 0 aliphatic rings. The number of aromatic amines is 1. The van der Waals surface area contributed by atoms with Crippen LogP contribution in [0.15, 0.2) is 35.1 Å². The first-order valence-electron chi connectivity index (χ1n) is 6.05. The summed E-state index contributed by atoms with van der Waals surface area (Å²) >= 11 is 0. The van der Waals surface area contributed by atoms with E-state index in [1.165, 1.54) is 17.5 Å². The highest BCUT2D eigenvalue weighted by molar-refractivity contribution is 5.39. The number of hydrogen-bond donors (Lipinski definition) is 1. The Balaban J connectivity index is 1.68. The molecule has 0 amide bonds.